The number of rotatable bonds is 2. The van der Waals surface area contributed by atoms with Gasteiger partial charge in [0.15, 0.2) is 0 Å². The van der Waals surface area contributed by atoms with Crippen LogP contribution in [0.2, 0.25) is 0 Å². The van der Waals surface area contributed by atoms with Gasteiger partial charge in [0.2, 0.25) is 0 Å². The quantitative estimate of drug-likeness (QED) is 0.715. The van der Waals surface area contributed by atoms with Crippen molar-refractivity contribution in [2.45, 2.75) is 6.04 Å². The molecule has 1 nitrogen and oxygen atoms in total. The van der Waals surface area contributed by atoms with Crippen molar-refractivity contribution in [1.29, 1.82) is 0 Å². The van der Waals surface area contributed by atoms with Crippen molar-refractivity contribution in [3.63, 3.8) is 0 Å². The van der Waals surface area contributed by atoms with Crippen LogP contribution in [-0.2, 0) is 0 Å². The Kier molecular flexibility index (Phi) is 2.87. The summed E-state index contributed by atoms with van der Waals surface area (Å²) in [5, 5.41) is 0. The Bertz CT molecular complexity index is 290. The van der Waals surface area contributed by atoms with Crippen molar-refractivity contribution < 1.29 is 17.6 Å². The van der Waals surface area contributed by atoms with E-state index in [0.717, 1.165) is 0 Å². The molecule has 1 rings (SSSR count). The number of hydrogen-bond acceptors (Lipinski definition) is 1. The molecule has 13 heavy (non-hydrogen) atoms. The van der Waals surface area contributed by atoms with Crippen LogP contribution in [0.1, 0.15) is 11.6 Å². The number of hydrogen-bond donors (Lipinski definition) is 1. The van der Waals surface area contributed by atoms with Gasteiger partial charge in [-0.2, -0.15) is 0 Å². The average Bonchev–Trinajstić information content (AvgIpc) is 2.02. The number of halogens is 4. The monoisotopic (exact) mass is 193 g/mol. The molecule has 0 bridgehead atoms. The Morgan fingerprint density at radius 3 is 2.00 bits per heavy atom. The zero-order chi connectivity index (χ0) is 10.0. The van der Waals surface area contributed by atoms with E-state index in [2.05, 4.69) is 0 Å². The maximum absolute atomic E-state index is 12.8. The van der Waals surface area contributed by atoms with Crippen molar-refractivity contribution in [3.8, 4) is 0 Å². The lowest BCUT2D eigenvalue weighted by molar-refractivity contribution is 0.410. The normalized spacial score (nSPS) is 13.0. The molecule has 0 radical (unpaired) electrons. The van der Waals surface area contributed by atoms with Crippen LogP contribution in [0, 0.1) is 17.5 Å². The molecule has 0 spiro atoms. The Labute approximate surface area is 72.2 Å². The van der Waals surface area contributed by atoms with Gasteiger partial charge in [0.1, 0.15) is 24.1 Å². The van der Waals surface area contributed by atoms with Gasteiger partial charge in [0.05, 0.1) is 6.04 Å². The van der Waals surface area contributed by atoms with Crippen LogP contribution in [0.15, 0.2) is 12.1 Å². The first-order chi connectivity index (χ1) is 6.06. The number of benzene rings is 1. The minimum Gasteiger partial charge on any atom is -0.322 e. The molecule has 0 saturated carbocycles. The van der Waals surface area contributed by atoms with E-state index in [1.165, 1.54) is 0 Å². The molecule has 2 N–H and O–H groups in total. The third kappa shape index (κ3) is 1.98. The average molecular weight is 193 g/mol. The molecule has 0 aromatic heterocycles. The molecule has 5 heteroatoms. The number of alkyl halides is 1. The molecule has 72 valence electrons. The molecule has 0 heterocycles. The fourth-order valence-electron chi connectivity index (χ4n) is 0.985. The molecule has 0 saturated heterocycles. The summed E-state index contributed by atoms with van der Waals surface area (Å²) in [4.78, 5) is 0. The van der Waals surface area contributed by atoms with Gasteiger partial charge in [-0.1, -0.05) is 0 Å². The van der Waals surface area contributed by atoms with Gasteiger partial charge in [-0.05, 0) is 0 Å². The topological polar surface area (TPSA) is 26.0 Å². The first-order valence-electron chi connectivity index (χ1n) is 3.52. The minimum atomic E-state index is -1.39. The molecule has 0 fully saturated rings. The van der Waals surface area contributed by atoms with E-state index >= 15 is 0 Å². The Morgan fingerprint density at radius 1 is 1.15 bits per heavy atom. The summed E-state index contributed by atoms with van der Waals surface area (Å²) in [5.41, 5.74) is 4.45. The fourth-order valence-corrected chi connectivity index (χ4v) is 0.985. The van der Waals surface area contributed by atoms with Crippen LogP contribution >= 0.6 is 0 Å². The lowest BCUT2D eigenvalue weighted by Gasteiger charge is -2.09. The van der Waals surface area contributed by atoms with Crippen molar-refractivity contribution >= 4 is 0 Å². The van der Waals surface area contributed by atoms with E-state index < -0.39 is 35.7 Å². The van der Waals surface area contributed by atoms with Gasteiger partial charge in [-0.15, -0.1) is 0 Å². The van der Waals surface area contributed by atoms with Gasteiger partial charge in [0, 0.05) is 17.7 Å². The predicted molar refractivity (Wildman–Crippen MR) is 39.2 cm³/mol. The van der Waals surface area contributed by atoms with Crippen LogP contribution in [0.5, 0.6) is 0 Å². The molecule has 0 aliphatic rings. The Balaban J connectivity index is 3.20. The highest BCUT2D eigenvalue weighted by Crippen LogP contribution is 2.20. The fraction of sp³-hybridized carbons (Fsp3) is 0.250. The molecule has 1 aromatic rings. The Hall–Kier alpha value is -1.10. The van der Waals surface area contributed by atoms with Crippen molar-refractivity contribution in [2.75, 3.05) is 6.67 Å². The zero-order valence-corrected chi connectivity index (χ0v) is 6.53. The predicted octanol–water partition coefficient (Wildman–Crippen LogP) is 2.07. The maximum Gasteiger partial charge on any atom is 0.133 e. The van der Waals surface area contributed by atoms with Crippen LogP contribution in [0.3, 0.4) is 0 Å². The minimum absolute atomic E-state index is 0.466. The molecular weight excluding hydrogens is 186 g/mol. The van der Waals surface area contributed by atoms with Crippen LogP contribution in [0.25, 0.3) is 0 Å². The third-order valence-electron chi connectivity index (χ3n) is 1.58. The molecular formula is C8H7F4N. The lowest BCUT2D eigenvalue weighted by atomic mass is 10.1. The van der Waals surface area contributed by atoms with Crippen LogP contribution < -0.4 is 5.73 Å². The second-order valence-electron chi connectivity index (χ2n) is 2.54. The second kappa shape index (κ2) is 3.74. The smallest absolute Gasteiger partial charge is 0.133 e. The molecule has 1 atom stereocenters. The molecule has 1 aromatic carbocycles. The van der Waals surface area contributed by atoms with E-state index in [4.69, 9.17) is 5.73 Å². The summed E-state index contributed by atoms with van der Waals surface area (Å²) in [7, 11) is 0. The summed E-state index contributed by atoms with van der Waals surface area (Å²) >= 11 is 0. The summed E-state index contributed by atoms with van der Waals surface area (Å²) in [6, 6.07) is -0.456. The van der Waals surface area contributed by atoms with Crippen molar-refractivity contribution in [1.82, 2.24) is 0 Å². The Morgan fingerprint density at radius 2 is 1.62 bits per heavy atom. The molecule has 0 aliphatic heterocycles. The SMILES string of the molecule is NC(CF)c1c(F)cc(F)cc1F. The number of nitrogens with two attached hydrogens (primary N) is 1. The van der Waals surface area contributed by atoms with Crippen molar-refractivity contribution in [3.05, 3.63) is 35.1 Å². The summed E-state index contributed by atoms with van der Waals surface area (Å²) in [6.45, 7) is -1.10. The van der Waals surface area contributed by atoms with Gasteiger partial charge in [-0.3, -0.25) is 0 Å². The largest absolute Gasteiger partial charge is 0.322 e. The van der Waals surface area contributed by atoms with Crippen LogP contribution in [-0.4, -0.2) is 6.67 Å². The van der Waals surface area contributed by atoms with Gasteiger partial charge < -0.3 is 5.73 Å². The second-order valence-corrected chi connectivity index (χ2v) is 2.54. The maximum atomic E-state index is 12.8. The van der Waals surface area contributed by atoms with Crippen molar-refractivity contribution in [2.24, 2.45) is 5.73 Å². The van der Waals surface area contributed by atoms with Gasteiger partial charge >= 0.3 is 0 Å². The van der Waals surface area contributed by atoms with E-state index in [-0.39, 0.29) is 0 Å². The highest BCUT2D eigenvalue weighted by Gasteiger charge is 2.17. The van der Waals surface area contributed by atoms with E-state index in [0.29, 0.717) is 12.1 Å². The molecule has 0 aliphatic carbocycles. The molecule has 1 unspecified atom stereocenters. The highest BCUT2D eigenvalue weighted by molar-refractivity contribution is 5.23. The summed E-state index contributed by atoms with van der Waals surface area (Å²) < 4.78 is 50.0. The standard InChI is InChI=1S/C8H7F4N/c9-3-7(13)8-5(11)1-4(10)2-6(8)12/h1-2,7H,3,13H2. The third-order valence-corrected chi connectivity index (χ3v) is 1.58. The summed E-state index contributed by atoms with van der Waals surface area (Å²) in [6.07, 6.45) is 0. The van der Waals surface area contributed by atoms with E-state index in [1.807, 2.05) is 0 Å². The van der Waals surface area contributed by atoms with E-state index in [9.17, 15) is 17.6 Å². The zero-order valence-electron chi connectivity index (χ0n) is 6.53. The van der Waals surface area contributed by atoms with Crippen LogP contribution in [0.4, 0.5) is 17.6 Å². The summed E-state index contributed by atoms with van der Waals surface area (Å²) in [5.74, 6) is -3.38. The first kappa shape index (κ1) is 9.98. The van der Waals surface area contributed by atoms with Gasteiger partial charge in [-0.25, -0.2) is 17.6 Å². The highest BCUT2D eigenvalue weighted by atomic mass is 19.1. The molecule has 0 amide bonds. The lowest BCUT2D eigenvalue weighted by Crippen LogP contribution is -2.16. The first-order valence-corrected chi connectivity index (χ1v) is 3.52. The van der Waals surface area contributed by atoms with Gasteiger partial charge in [0.25, 0.3) is 0 Å². The van der Waals surface area contributed by atoms with E-state index in [1.54, 1.807) is 0 Å².